The highest BCUT2D eigenvalue weighted by atomic mass is 16.5. The highest BCUT2D eigenvalue weighted by Crippen LogP contribution is 2.33. The average molecular weight is 230 g/mol. The largest absolute Gasteiger partial charge is 0.451 e. The summed E-state index contributed by atoms with van der Waals surface area (Å²) in [7, 11) is 1.66. The molecule has 1 heterocycles. The molecular weight excluding hydrogens is 216 g/mol. The van der Waals surface area contributed by atoms with E-state index >= 15 is 0 Å². The number of rotatable bonds is 2. The molecule has 0 saturated heterocycles. The van der Waals surface area contributed by atoms with Gasteiger partial charge in [0.2, 0.25) is 6.41 Å². The number of hydrogen-bond donors (Lipinski definition) is 1. The molecule has 1 aliphatic heterocycles. The Morgan fingerprint density at radius 1 is 1.35 bits per heavy atom. The van der Waals surface area contributed by atoms with Crippen molar-refractivity contribution < 1.29 is 9.53 Å². The predicted molar refractivity (Wildman–Crippen MR) is 66.4 cm³/mol. The molecule has 17 heavy (non-hydrogen) atoms. The lowest BCUT2D eigenvalue weighted by atomic mass is 10.2. The monoisotopic (exact) mass is 230 g/mol. The molecule has 88 valence electrons. The SMILES string of the molecule is C/C=C1/Nc2ccccc2O/C1=C/N(C)C=O. The maximum atomic E-state index is 10.6. The van der Waals surface area contributed by atoms with Gasteiger partial charge in [0.05, 0.1) is 17.6 Å². The van der Waals surface area contributed by atoms with Crippen molar-refractivity contribution in [2.75, 3.05) is 12.4 Å². The number of anilines is 1. The molecule has 0 bridgehead atoms. The summed E-state index contributed by atoms with van der Waals surface area (Å²) < 4.78 is 5.74. The Morgan fingerprint density at radius 3 is 2.82 bits per heavy atom. The summed E-state index contributed by atoms with van der Waals surface area (Å²) in [5.74, 6) is 1.38. The van der Waals surface area contributed by atoms with Gasteiger partial charge in [0.1, 0.15) is 0 Å². The Kier molecular flexibility index (Phi) is 3.14. The van der Waals surface area contributed by atoms with Gasteiger partial charge in [0, 0.05) is 7.05 Å². The summed E-state index contributed by atoms with van der Waals surface area (Å²) in [5, 5.41) is 3.25. The summed E-state index contributed by atoms with van der Waals surface area (Å²) in [5.41, 5.74) is 1.77. The van der Waals surface area contributed by atoms with E-state index in [0.717, 1.165) is 23.5 Å². The minimum Gasteiger partial charge on any atom is -0.451 e. The van der Waals surface area contributed by atoms with E-state index in [2.05, 4.69) is 5.32 Å². The van der Waals surface area contributed by atoms with Crippen LogP contribution < -0.4 is 10.1 Å². The molecule has 0 radical (unpaired) electrons. The summed E-state index contributed by atoms with van der Waals surface area (Å²) >= 11 is 0. The topological polar surface area (TPSA) is 41.6 Å². The van der Waals surface area contributed by atoms with Crippen molar-refractivity contribution in [3.8, 4) is 5.75 Å². The molecule has 1 aliphatic rings. The molecule has 1 aromatic carbocycles. The Bertz CT molecular complexity index is 492. The van der Waals surface area contributed by atoms with Gasteiger partial charge in [-0.1, -0.05) is 18.2 Å². The molecule has 1 aromatic rings. The molecule has 0 unspecified atom stereocenters. The number of fused-ring (bicyclic) bond motifs is 1. The fourth-order valence-electron chi connectivity index (χ4n) is 1.56. The lowest BCUT2D eigenvalue weighted by Crippen LogP contribution is -2.18. The van der Waals surface area contributed by atoms with Gasteiger partial charge in [-0.25, -0.2) is 0 Å². The second-order valence-corrected chi connectivity index (χ2v) is 3.69. The lowest BCUT2D eigenvalue weighted by molar-refractivity contribution is -0.115. The van der Waals surface area contributed by atoms with Gasteiger partial charge in [-0.2, -0.15) is 0 Å². The predicted octanol–water partition coefficient (Wildman–Crippen LogP) is 2.32. The number of para-hydroxylation sites is 2. The molecule has 0 fully saturated rings. The smallest absolute Gasteiger partial charge is 0.213 e. The number of ether oxygens (including phenoxy) is 1. The molecular formula is C13H14N2O2. The highest BCUT2D eigenvalue weighted by Gasteiger charge is 2.17. The molecule has 0 atom stereocenters. The third-order valence-electron chi connectivity index (χ3n) is 2.42. The first-order valence-corrected chi connectivity index (χ1v) is 5.34. The molecule has 4 nitrogen and oxygen atoms in total. The molecule has 0 aromatic heterocycles. The van der Waals surface area contributed by atoms with Gasteiger partial charge < -0.3 is 15.0 Å². The van der Waals surface area contributed by atoms with E-state index in [-0.39, 0.29) is 0 Å². The third-order valence-corrected chi connectivity index (χ3v) is 2.42. The Labute approximate surface area is 100 Å². The molecule has 2 rings (SSSR count). The van der Waals surface area contributed by atoms with Gasteiger partial charge in [0.15, 0.2) is 11.5 Å². The van der Waals surface area contributed by atoms with Crippen molar-refractivity contribution in [3.05, 3.63) is 48.0 Å². The summed E-state index contributed by atoms with van der Waals surface area (Å²) in [6, 6.07) is 7.67. The number of carbonyl (C=O) groups is 1. The number of nitrogens with zero attached hydrogens (tertiary/aromatic N) is 1. The van der Waals surface area contributed by atoms with Crippen LogP contribution in [0.2, 0.25) is 0 Å². The number of allylic oxidation sites excluding steroid dienone is 1. The van der Waals surface area contributed by atoms with Gasteiger partial charge in [-0.3, -0.25) is 4.79 Å². The Hall–Kier alpha value is -2.23. The van der Waals surface area contributed by atoms with Gasteiger partial charge in [-0.15, -0.1) is 0 Å². The highest BCUT2D eigenvalue weighted by molar-refractivity contribution is 5.65. The second kappa shape index (κ2) is 4.74. The standard InChI is InChI=1S/C13H14N2O2/c1-3-10-13(8-15(2)9-16)17-12-7-5-4-6-11(12)14-10/h3-9,14H,1-2H3/b10-3+,13-8+. The zero-order chi connectivity index (χ0) is 12.3. The second-order valence-electron chi connectivity index (χ2n) is 3.69. The average Bonchev–Trinajstić information content (AvgIpc) is 2.37. The van der Waals surface area contributed by atoms with Crippen LogP contribution in [0, 0.1) is 0 Å². The van der Waals surface area contributed by atoms with Crippen molar-refractivity contribution in [1.82, 2.24) is 4.90 Å². The van der Waals surface area contributed by atoms with Crippen LogP contribution in [0.1, 0.15) is 6.92 Å². The van der Waals surface area contributed by atoms with Crippen LogP contribution in [0.4, 0.5) is 5.69 Å². The lowest BCUT2D eigenvalue weighted by Gasteiger charge is -2.24. The van der Waals surface area contributed by atoms with Gasteiger partial charge >= 0.3 is 0 Å². The van der Waals surface area contributed by atoms with Crippen LogP contribution in [0.5, 0.6) is 5.75 Å². The zero-order valence-electron chi connectivity index (χ0n) is 9.81. The van der Waals surface area contributed by atoms with Crippen LogP contribution in [-0.4, -0.2) is 18.4 Å². The van der Waals surface area contributed by atoms with Crippen LogP contribution >= 0.6 is 0 Å². The van der Waals surface area contributed by atoms with Gasteiger partial charge in [-0.05, 0) is 19.1 Å². The fraction of sp³-hybridized carbons (Fsp3) is 0.154. The van der Waals surface area contributed by atoms with Crippen LogP contribution in [0.3, 0.4) is 0 Å². The normalized spacial score (nSPS) is 18.2. The molecule has 0 aliphatic carbocycles. The maximum Gasteiger partial charge on any atom is 0.213 e. The van der Waals surface area contributed by atoms with Crippen LogP contribution in [0.25, 0.3) is 0 Å². The first kappa shape index (κ1) is 11.3. The molecule has 0 saturated carbocycles. The number of hydrogen-bond acceptors (Lipinski definition) is 3. The number of amides is 1. The van der Waals surface area contributed by atoms with E-state index in [9.17, 15) is 4.79 Å². The van der Waals surface area contributed by atoms with E-state index in [0.29, 0.717) is 5.76 Å². The van der Waals surface area contributed by atoms with Crippen molar-refractivity contribution >= 4 is 12.1 Å². The third kappa shape index (κ3) is 2.30. The van der Waals surface area contributed by atoms with E-state index in [4.69, 9.17) is 4.74 Å². The number of carbonyl (C=O) groups excluding carboxylic acids is 1. The van der Waals surface area contributed by atoms with Crippen molar-refractivity contribution in [1.29, 1.82) is 0 Å². The Balaban J connectivity index is 2.37. The van der Waals surface area contributed by atoms with Gasteiger partial charge in [0.25, 0.3) is 0 Å². The van der Waals surface area contributed by atoms with Crippen LogP contribution in [-0.2, 0) is 4.79 Å². The van der Waals surface area contributed by atoms with E-state index in [1.807, 2.05) is 37.3 Å². The molecule has 4 heteroatoms. The Morgan fingerprint density at radius 2 is 2.12 bits per heavy atom. The summed E-state index contributed by atoms with van der Waals surface area (Å²) in [6.45, 7) is 1.91. The summed E-state index contributed by atoms with van der Waals surface area (Å²) in [4.78, 5) is 12.0. The van der Waals surface area contributed by atoms with E-state index in [1.54, 1.807) is 13.2 Å². The minimum atomic E-state index is 0.626. The summed E-state index contributed by atoms with van der Waals surface area (Å²) in [6.07, 6.45) is 4.27. The van der Waals surface area contributed by atoms with Crippen molar-refractivity contribution in [2.24, 2.45) is 0 Å². The molecule has 0 spiro atoms. The first-order chi connectivity index (χ1) is 8.24. The number of benzene rings is 1. The van der Waals surface area contributed by atoms with Crippen molar-refractivity contribution in [2.45, 2.75) is 6.92 Å². The first-order valence-electron chi connectivity index (χ1n) is 5.34. The maximum absolute atomic E-state index is 10.6. The minimum absolute atomic E-state index is 0.626. The fourth-order valence-corrected chi connectivity index (χ4v) is 1.56. The quantitative estimate of drug-likeness (QED) is 0.793. The molecule has 1 N–H and O–H groups in total. The molecule has 1 amide bonds. The van der Waals surface area contributed by atoms with E-state index < -0.39 is 0 Å². The van der Waals surface area contributed by atoms with Crippen LogP contribution in [0.15, 0.2) is 48.0 Å². The number of nitrogens with one attached hydrogen (secondary N) is 1. The zero-order valence-corrected chi connectivity index (χ0v) is 9.81. The van der Waals surface area contributed by atoms with E-state index in [1.165, 1.54) is 4.90 Å². The van der Waals surface area contributed by atoms with Crippen molar-refractivity contribution in [3.63, 3.8) is 0 Å².